The first kappa shape index (κ1) is 15.8. The summed E-state index contributed by atoms with van der Waals surface area (Å²) in [4.78, 5) is 1.82. The first-order valence-corrected chi connectivity index (χ1v) is 5.43. The van der Waals surface area contributed by atoms with Crippen molar-refractivity contribution in [3.05, 3.63) is 36.1 Å². The number of benzene rings is 1. The van der Waals surface area contributed by atoms with Crippen LogP contribution in [0.3, 0.4) is 0 Å². The molecule has 1 aromatic rings. The maximum atomic E-state index is 12.1. The fourth-order valence-corrected chi connectivity index (χ4v) is 1.73. The molecule has 0 bridgehead atoms. The van der Waals surface area contributed by atoms with Gasteiger partial charge in [-0.15, -0.1) is 19.4 Å². The molecule has 1 saturated heterocycles. The van der Waals surface area contributed by atoms with Crippen LogP contribution in [0, 0.1) is 0 Å². The Labute approximate surface area is 120 Å². The Balaban J connectivity index is 0.00000180. The molecule has 0 atom stereocenters. The second kappa shape index (κ2) is 6.26. The normalized spacial score (nSPS) is 15.5. The quantitative estimate of drug-likeness (QED) is 0.517. The van der Waals surface area contributed by atoms with Gasteiger partial charge >= 0.3 is 25.2 Å². The maximum Gasteiger partial charge on any atom is 1.00 e. The van der Waals surface area contributed by atoms with Crippen LogP contribution in [0.4, 0.5) is 13.2 Å². The molecule has 1 aliphatic heterocycles. The van der Waals surface area contributed by atoms with E-state index in [4.69, 9.17) is 0 Å². The molecule has 1 heterocycles. The largest absolute Gasteiger partial charge is 1.00 e. The van der Waals surface area contributed by atoms with Gasteiger partial charge in [-0.1, -0.05) is 12.1 Å². The number of ether oxygens (including phenoxy) is 1. The second-order valence-electron chi connectivity index (χ2n) is 3.92. The molecule has 2 rings (SSSR count). The number of halogens is 3. The van der Waals surface area contributed by atoms with Crippen LogP contribution < -0.4 is 28.7 Å². The minimum atomic E-state index is -4.73. The number of hydrogen-bond donors (Lipinski definition) is 0. The Kier molecular flexibility index (Phi) is 5.21. The SMILES string of the molecule is [Li+].[O-]C=C(c1cccc(OC(F)(F)F)c1)N1CCC1. The molecule has 0 spiro atoms. The predicted octanol–water partition coefficient (Wildman–Crippen LogP) is -1.05. The van der Waals surface area contributed by atoms with Crippen LogP contribution in [0.25, 0.3) is 5.70 Å². The minimum absolute atomic E-state index is 0. The molecule has 1 fully saturated rings. The third kappa shape index (κ3) is 4.12. The van der Waals surface area contributed by atoms with Crippen LogP contribution in [0.15, 0.2) is 30.5 Å². The van der Waals surface area contributed by atoms with E-state index in [0.717, 1.165) is 19.5 Å². The van der Waals surface area contributed by atoms with Crippen molar-refractivity contribution in [2.45, 2.75) is 12.8 Å². The summed E-state index contributed by atoms with van der Waals surface area (Å²) in [6, 6.07) is 5.44. The van der Waals surface area contributed by atoms with Gasteiger partial charge in [0.2, 0.25) is 0 Å². The summed E-state index contributed by atoms with van der Waals surface area (Å²) >= 11 is 0. The standard InChI is InChI=1S/C12H12F3NO2.Li/c13-12(14,15)18-10-4-1-3-9(7-10)11(8-17)16-5-2-6-16;/h1,3-4,7-8,17H,2,5-6H2;/q;+1/p-1. The van der Waals surface area contributed by atoms with Crippen LogP contribution in [0.2, 0.25) is 0 Å². The average molecular weight is 265 g/mol. The number of nitrogens with zero attached hydrogens (tertiary/aromatic N) is 1. The van der Waals surface area contributed by atoms with E-state index in [-0.39, 0.29) is 24.6 Å². The molecule has 98 valence electrons. The summed E-state index contributed by atoms with van der Waals surface area (Å²) in [6.07, 6.45) is -3.08. The molecule has 0 amide bonds. The van der Waals surface area contributed by atoms with E-state index in [0.29, 0.717) is 17.5 Å². The Morgan fingerprint density at radius 3 is 2.47 bits per heavy atom. The number of likely N-dealkylation sites (tertiary alicyclic amines) is 1. The average Bonchev–Trinajstić information content (AvgIpc) is 2.21. The van der Waals surface area contributed by atoms with Crippen LogP contribution in [0.1, 0.15) is 12.0 Å². The molecule has 0 radical (unpaired) electrons. The zero-order chi connectivity index (χ0) is 13.2. The molecule has 1 aromatic carbocycles. The predicted molar refractivity (Wildman–Crippen MR) is 57.3 cm³/mol. The van der Waals surface area contributed by atoms with Crippen LogP contribution in [-0.4, -0.2) is 24.4 Å². The van der Waals surface area contributed by atoms with Crippen LogP contribution >= 0.6 is 0 Å². The topological polar surface area (TPSA) is 35.5 Å². The summed E-state index contributed by atoms with van der Waals surface area (Å²) in [5.41, 5.74) is 0.834. The van der Waals surface area contributed by atoms with Gasteiger partial charge in [0.15, 0.2) is 0 Å². The van der Waals surface area contributed by atoms with E-state index in [1.807, 2.05) is 4.90 Å². The van der Waals surface area contributed by atoms with Gasteiger partial charge in [-0.05, 0) is 18.6 Å². The molecule has 7 heteroatoms. The summed E-state index contributed by atoms with van der Waals surface area (Å²) in [7, 11) is 0. The molecule has 0 unspecified atom stereocenters. The van der Waals surface area contributed by atoms with Gasteiger partial charge < -0.3 is 14.7 Å². The first-order chi connectivity index (χ1) is 8.49. The summed E-state index contributed by atoms with van der Waals surface area (Å²) < 4.78 is 40.1. The van der Waals surface area contributed by atoms with E-state index in [9.17, 15) is 18.3 Å². The Hall–Kier alpha value is -1.25. The van der Waals surface area contributed by atoms with Crippen molar-refractivity contribution in [2.75, 3.05) is 13.1 Å². The van der Waals surface area contributed by atoms with Gasteiger partial charge in [-0.3, -0.25) is 0 Å². The number of alkyl halides is 3. The molecule has 0 aliphatic carbocycles. The van der Waals surface area contributed by atoms with Crippen molar-refractivity contribution in [3.63, 3.8) is 0 Å². The van der Waals surface area contributed by atoms with Gasteiger partial charge in [0.25, 0.3) is 0 Å². The fraction of sp³-hybridized carbons (Fsp3) is 0.333. The smallest absolute Gasteiger partial charge is 0.876 e. The minimum Gasteiger partial charge on any atom is -0.876 e. The second-order valence-corrected chi connectivity index (χ2v) is 3.92. The van der Waals surface area contributed by atoms with Gasteiger partial charge in [-0.25, -0.2) is 0 Å². The fourth-order valence-electron chi connectivity index (χ4n) is 1.73. The molecule has 0 aromatic heterocycles. The van der Waals surface area contributed by atoms with E-state index in [1.165, 1.54) is 18.2 Å². The summed E-state index contributed by atoms with van der Waals surface area (Å²) in [5.74, 6) is -0.320. The Morgan fingerprint density at radius 2 is 2.00 bits per heavy atom. The van der Waals surface area contributed by atoms with E-state index >= 15 is 0 Å². The van der Waals surface area contributed by atoms with Crippen LogP contribution in [-0.2, 0) is 0 Å². The summed E-state index contributed by atoms with van der Waals surface area (Å²) in [6.45, 7) is 1.50. The van der Waals surface area contributed by atoms with Crippen molar-refractivity contribution in [1.82, 2.24) is 4.90 Å². The van der Waals surface area contributed by atoms with Gasteiger partial charge in [-0.2, -0.15) is 0 Å². The summed E-state index contributed by atoms with van der Waals surface area (Å²) in [5, 5.41) is 11.0. The van der Waals surface area contributed by atoms with Crippen molar-refractivity contribution < 1.29 is 41.9 Å². The maximum absolute atomic E-state index is 12.1. The molecular weight excluding hydrogens is 254 g/mol. The zero-order valence-electron chi connectivity index (χ0n) is 10.4. The van der Waals surface area contributed by atoms with Gasteiger partial charge in [0, 0.05) is 24.4 Å². The van der Waals surface area contributed by atoms with Crippen molar-refractivity contribution in [2.24, 2.45) is 0 Å². The van der Waals surface area contributed by atoms with Gasteiger partial charge in [0.1, 0.15) is 5.75 Å². The van der Waals surface area contributed by atoms with Crippen molar-refractivity contribution >= 4 is 5.70 Å². The molecule has 0 N–H and O–H groups in total. The molecular formula is C12H11F3LiNO2. The molecule has 3 nitrogen and oxygen atoms in total. The first-order valence-electron chi connectivity index (χ1n) is 5.43. The number of hydrogen-bond acceptors (Lipinski definition) is 3. The third-order valence-electron chi connectivity index (χ3n) is 2.67. The molecule has 1 aliphatic rings. The molecule has 0 saturated carbocycles. The van der Waals surface area contributed by atoms with Crippen molar-refractivity contribution in [1.29, 1.82) is 0 Å². The number of rotatable bonds is 3. The molecule has 19 heavy (non-hydrogen) atoms. The van der Waals surface area contributed by atoms with Crippen molar-refractivity contribution in [3.8, 4) is 5.75 Å². The third-order valence-corrected chi connectivity index (χ3v) is 2.67. The van der Waals surface area contributed by atoms with E-state index in [1.54, 1.807) is 6.07 Å². The van der Waals surface area contributed by atoms with E-state index < -0.39 is 6.36 Å². The Bertz CT molecular complexity index is 459. The van der Waals surface area contributed by atoms with Gasteiger partial charge in [0.05, 0.1) is 0 Å². The zero-order valence-corrected chi connectivity index (χ0v) is 10.4. The Morgan fingerprint density at radius 1 is 1.32 bits per heavy atom. The van der Waals surface area contributed by atoms with E-state index in [2.05, 4.69) is 4.74 Å². The van der Waals surface area contributed by atoms with Crippen LogP contribution in [0.5, 0.6) is 5.75 Å². The monoisotopic (exact) mass is 265 g/mol.